The third kappa shape index (κ3) is 8.44. The second kappa shape index (κ2) is 12.0. The van der Waals surface area contributed by atoms with Crippen LogP contribution in [0.2, 0.25) is 0 Å². The van der Waals surface area contributed by atoms with E-state index in [1.165, 1.54) is 19.3 Å². The molecule has 5 nitrogen and oxygen atoms in total. The average Bonchev–Trinajstić information content (AvgIpc) is 2.98. The quantitative estimate of drug-likeness (QED) is 0.179. The van der Waals surface area contributed by atoms with Crippen molar-refractivity contribution in [2.24, 2.45) is 23.2 Å². The number of carbonyl (C=O) groups is 2. The van der Waals surface area contributed by atoms with Gasteiger partial charge < -0.3 is 0 Å². The van der Waals surface area contributed by atoms with Gasteiger partial charge in [0.2, 0.25) is 0 Å². The number of carbonyl (C=O) groups excluding carboxylic acids is 2. The molecule has 4 unspecified atom stereocenters. The first-order valence-electron chi connectivity index (χ1n) is 10.2. The van der Waals surface area contributed by atoms with Gasteiger partial charge in [-0.15, -0.1) is 0 Å². The van der Waals surface area contributed by atoms with Crippen molar-refractivity contribution in [3.63, 3.8) is 0 Å². The molecule has 1 aliphatic carbocycles. The number of hydrogen-bond donors (Lipinski definition) is 3. The third-order valence-electron chi connectivity index (χ3n) is 6.01. The summed E-state index contributed by atoms with van der Waals surface area (Å²) < 4.78 is 1.20. The number of amides is 3. The van der Waals surface area contributed by atoms with Crippen LogP contribution in [0.25, 0.3) is 0 Å². The molecule has 3 N–H and O–H groups in total. The van der Waals surface area contributed by atoms with Crippen LogP contribution in [0.5, 0.6) is 0 Å². The molecule has 0 saturated heterocycles. The van der Waals surface area contributed by atoms with E-state index in [1.54, 1.807) is 0 Å². The molecule has 0 heterocycles. The van der Waals surface area contributed by atoms with Crippen molar-refractivity contribution >= 4 is 9.95 Å². The molecule has 1 aliphatic rings. The van der Waals surface area contributed by atoms with Crippen LogP contribution >= 0.6 is 0 Å². The van der Waals surface area contributed by atoms with E-state index in [4.69, 9.17) is 0 Å². The Bertz CT molecular complexity index is 447. The number of halogens is 1. The van der Waals surface area contributed by atoms with E-state index in [-0.39, 0.29) is 15.4 Å². The predicted molar refractivity (Wildman–Crippen MR) is 104 cm³/mol. The maximum absolute atomic E-state index is 12.2. The summed E-state index contributed by atoms with van der Waals surface area (Å²) in [5, 5.41) is 9.03. The normalized spacial score (nSPS) is 24.9. The fraction of sp³-hybridized carbons (Fsp3) is 0.900. The van der Waals surface area contributed by atoms with E-state index in [0.29, 0.717) is 24.9 Å². The van der Waals surface area contributed by atoms with Crippen molar-refractivity contribution < 1.29 is 30.8 Å². The zero-order valence-corrected chi connectivity index (χ0v) is 19.4. The Morgan fingerprint density at radius 3 is 2.42 bits per heavy atom. The van der Waals surface area contributed by atoms with E-state index >= 15 is 0 Å². The van der Waals surface area contributed by atoms with E-state index < -0.39 is 21.2 Å². The number of urea groups is 1. The molecule has 6 heteroatoms. The van der Waals surface area contributed by atoms with Gasteiger partial charge in [0, 0.05) is 0 Å². The number of hydrogen-bond acceptors (Lipinski definition) is 2. The Kier molecular flexibility index (Phi) is 10.9. The van der Waals surface area contributed by atoms with Gasteiger partial charge in [-0.1, -0.05) is 6.92 Å². The summed E-state index contributed by atoms with van der Waals surface area (Å²) in [7, 11) is 0. The monoisotopic (exact) mass is 480 g/mol. The Morgan fingerprint density at radius 2 is 1.85 bits per heavy atom. The van der Waals surface area contributed by atoms with E-state index in [2.05, 4.69) is 43.6 Å². The molecule has 1 fully saturated rings. The van der Waals surface area contributed by atoms with E-state index in [0.717, 1.165) is 29.7 Å². The first-order valence-corrected chi connectivity index (χ1v) is 12.8. The molecule has 0 aromatic carbocycles. The Labute approximate surface area is 170 Å². The molecule has 0 radical (unpaired) electrons. The predicted octanol–water partition coefficient (Wildman–Crippen LogP) is 0.983. The van der Waals surface area contributed by atoms with Crippen LogP contribution in [-0.2, 0) is 0 Å². The second-order valence-corrected chi connectivity index (χ2v) is 10.9. The Hall–Kier alpha value is -0.530. The number of rotatable bonds is 11. The molecule has 3 amide bonds. The van der Waals surface area contributed by atoms with Crippen molar-refractivity contribution in [2.75, 3.05) is 24.1 Å². The minimum absolute atomic E-state index is 0.0461. The van der Waals surface area contributed by atoms with Gasteiger partial charge in [-0.05, 0) is 0 Å². The molecular weight excluding hydrogens is 441 g/mol. The summed E-state index contributed by atoms with van der Waals surface area (Å²) in [5.41, 5.74) is 0.0670. The molecule has 0 aromatic heterocycles. The number of alkyl halides is 1. The van der Waals surface area contributed by atoms with Gasteiger partial charge in [-0.25, -0.2) is 0 Å². The SMILES string of the molecule is CCNC(=O)[I-]CCC(C)(CC)CNC(=O)NCC1CC(CC)CC1C. The minimum atomic E-state index is -0.447. The van der Waals surface area contributed by atoms with Crippen LogP contribution in [0.4, 0.5) is 9.59 Å². The summed E-state index contributed by atoms with van der Waals surface area (Å²) in [4.78, 5) is 23.8. The molecular formula is C20H39IN3O2-. The van der Waals surface area contributed by atoms with Crippen LogP contribution in [0.1, 0.15) is 66.7 Å². The fourth-order valence-electron chi connectivity index (χ4n) is 3.61. The summed E-state index contributed by atoms with van der Waals surface area (Å²) >= 11 is -0.447. The third-order valence-corrected chi connectivity index (χ3v) is 8.16. The Balaban J connectivity index is 2.28. The molecule has 26 heavy (non-hydrogen) atoms. The molecule has 1 saturated carbocycles. The topological polar surface area (TPSA) is 70.2 Å². The van der Waals surface area contributed by atoms with Gasteiger partial charge >= 0.3 is 164 Å². The first-order chi connectivity index (χ1) is 12.3. The van der Waals surface area contributed by atoms with E-state index in [1.807, 2.05) is 6.92 Å². The Morgan fingerprint density at radius 1 is 1.12 bits per heavy atom. The van der Waals surface area contributed by atoms with Crippen molar-refractivity contribution in [1.29, 1.82) is 0 Å². The molecule has 0 aromatic rings. The van der Waals surface area contributed by atoms with Gasteiger partial charge in [-0.3, -0.25) is 0 Å². The van der Waals surface area contributed by atoms with Crippen molar-refractivity contribution in [1.82, 2.24) is 16.0 Å². The van der Waals surface area contributed by atoms with Crippen LogP contribution in [-0.4, -0.2) is 34.0 Å². The standard InChI is InChI=1S/C20H39IN3O2/c1-6-16-11-15(4)17(12-16)13-23-19(26)24-14-20(5,7-2)9-10-21-18(25)22-8-3/h15-17H,6-14H2,1-5H3,(H,22,25)(H2,23,24,26)/q-1. The molecule has 0 aliphatic heterocycles. The van der Waals surface area contributed by atoms with E-state index in [9.17, 15) is 9.59 Å². The summed E-state index contributed by atoms with van der Waals surface area (Å²) in [6.07, 6.45) is 5.79. The van der Waals surface area contributed by atoms with Crippen LogP contribution in [0, 0.1) is 23.2 Å². The van der Waals surface area contributed by atoms with Crippen molar-refractivity contribution in [3.05, 3.63) is 0 Å². The maximum atomic E-state index is 12.2. The molecule has 4 atom stereocenters. The van der Waals surface area contributed by atoms with Crippen LogP contribution in [0.3, 0.4) is 0 Å². The van der Waals surface area contributed by atoms with Gasteiger partial charge in [-0.2, -0.15) is 0 Å². The summed E-state index contributed by atoms with van der Waals surface area (Å²) in [6, 6.07) is -0.0461. The summed E-state index contributed by atoms with van der Waals surface area (Å²) in [5.74, 6) is 2.15. The fourth-order valence-corrected chi connectivity index (χ4v) is 6.32. The first kappa shape index (κ1) is 23.5. The zero-order valence-electron chi connectivity index (χ0n) is 17.3. The van der Waals surface area contributed by atoms with Crippen LogP contribution < -0.4 is 37.2 Å². The second-order valence-electron chi connectivity index (χ2n) is 8.09. The zero-order chi connectivity index (χ0) is 19.6. The summed E-state index contributed by atoms with van der Waals surface area (Å²) in [6.45, 7) is 13.1. The van der Waals surface area contributed by atoms with Gasteiger partial charge in [0.1, 0.15) is 0 Å². The molecule has 0 spiro atoms. The van der Waals surface area contributed by atoms with Gasteiger partial charge in [0.15, 0.2) is 0 Å². The van der Waals surface area contributed by atoms with Gasteiger partial charge in [0.25, 0.3) is 0 Å². The molecule has 154 valence electrons. The van der Waals surface area contributed by atoms with Crippen molar-refractivity contribution in [2.45, 2.75) is 66.7 Å². The van der Waals surface area contributed by atoms with Gasteiger partial charge in [0.05, 0.1) is 0 Å². The van der Waals surface area contributed by atoms with Crippen LogP contribution in [0.15, 0.2) is 0 Å². The molecule has 0 bridgehead atoms. The van der Waals surface area contributed by atoms with Crippen molar-refractivity contribution in [3.8, 4) is 0 Å². The molecule has 1 rings (SSSR count). The number of nitrogens with one attached hydrogen (secondary N) is 3. The average molecular weight is 480 g/mol.